The molecule has 4 nitrogen and oxygen atoms in total. The highest BCUT2D eigenvalue weighted by molar-refractivity contribution is 6.36. The van der Waals surface area contributed by atoms with Crippen molar-refractivity contribution in [3.8, 4) is 0 Å². The molecule has 2 aliphatic rings. The summed E-state index contributed by atoms with van der Waals surface area (Å²) in [6, 6.07) is 2.33. The van der Waals surface area contributed by atoms with Crippen LogP contribution in [-0.4, -0.2) is 42.9 Å². The van der Waals surface area contributed by atoms with Crippen molar-refractivity contribution in [3.05, 3.63) is 33.6 Å². The summed E-state index contributed by atoms with van der Waals surface area (Å²) in [6.45, 7) is 2.14. The zero-order valence-electron chi connectivity index (χ0n) is 11.2. The normalized spacial score (nSPS) is 21.0. The second kappa shape index (κ2) is 5.72. The third-order valence-electron chi connectivity index (χ3n) is 3.87. The van der Waals surface area contributed by atoms with E-state index in [4.69, 9.17) is 32.7 Å². The predicted molar refractivity (Wildman–Crippen MR) is 76.2 cm³/mol. The maximum atomic E-state index is 13.5. The monoisotopic (exact) mass is 333 g/mol. The van der Waals surface area contributed by atoms with Crippen LogP contribution in [0.3, 0.4) is 0 Å². The van der Waals surface area contributed by atoms with Gasteiger partial charge in [-0.05, 0) is 12.1 Å². The van der Waals surface area contributed by atoms with Crippen molar-refractivity contribution in [3.63, 3.8) is 0 Å². The van der Waals surface area contributed by atoms with Crippen molar-refractivity contribution in [1.82, 2.24) is 4.90 Å². The van der Waals surface area contributed by atoms with E-state index in [1.807, 2.05) is 0 Å². The SMILES string of the molecule is O=C(c1cc(F)c(Cl)cc1Cl)N1CCC2(CC1)OCCO2. The number of rotatable bonds is 1. The van der Waals surface area contributed by atoms with Crippen molar-refractivity contribution >= 4 is 29.1 Å². The van der Waals surface area contributed by atoms with E-state index < -0.39 is 11.6 Å². The van der Waals surface area contributed by atoms with Crippen LogP contribution in [0.2, 0.25) is 10.0 Å². The van der Waals surface area contributed by atoms with Crippen LogP contribution in [0.5, 0.6) is 0 Å². The fourth-order valence-electron chi connectivity index (χ4n) is 2.69. The fraction of sp³-hybridized carbons (Fsp3) is 0.500. The number of hydrogen-bond donors (Lipinski definition) is 0. The molecule has 0 unspecified atom stereocenters. The number of halogens is 3. The number of benzene rings is 1. The summed E-state index contributed by atoms with van der Waals surface area (Å²) in [5.41, 5.74) is 0.128. The number of carbonyl (C=O) groups excluding carboxylic acids is 1. The second-order valence-corrected chi connectivity index (χ2v) is 5.96. The van der Waals surface area contributed by atoms with Gasteiger partial charge in [0.25, 0.3) is 5.91 Å². The molecule has 3 rings (SSSR count). The van der Waals surface area contributed by atoms with Gasteiger partial charge < -0.3 is 14.4 Å². The second-order valence-electron chi connectivity index (χ2n) is 5.15. The van der Waals surface area contributed by atoms with Crippen LogP contribution in [0.25, 0.3) is 0 Å². The summed E-state index contributed by atoms with van der Waals surface area (Å²) in [5.74, 6) is -1.50. The van der Waals surface area contributed by atoms with Crippen molar-refractivity contribution in [2.24, 2.45) is 0 Å². The van der Waals surface area contributed by atoms with Crippen LogP contribution in [-0.2, 0) is 9.47 Å². The molecule has 7 heteroatoms. The predicted octanol–water partition coefficient (Wildman–Crippen LogP) is 3.11. The molecule has 2 saturated heterocycles. The molecule has 0 aromatic heterocycles. The Kier molecular flexibility index (Phi) is 4.10. The largest absolute Gasteiger partial charge is 0.347 e. The van der Waals surface area contributed by atoms with Gasteiger partial charge in [-0.25, -0.2) is 4.39 Å². The molecule has 0 bridgehead atoms. The molecular weight excluding hydrogens is 320 g/mol. The lowest BCUT2D eigenvalue weighted by atomic mass is 10.0. The van der Waals surface area contributed by atoms with Gasteiger partial charge in [0.1, 0.15) is 5.82 Å². The third-order valence-corrected chi connectivity index (χ3v) is 4.47. The van der Waals surface area contributed by atoms with Crippen LogP contribution < -0.4 is 0 Å². The number of carbonyl (C=O) groups is 1. The van der Waals surface area contributed by atoms with Gasteiger partial charge >= 0.3 is 0 Å². The van der Waals surface area contributed by atoms with Gasteiger partial charge in [-0.3, -0.25) is 4.79 Å². The molecule has 114 valence electrons. The first-order chi connectivity index (χ1) is 10.0. The summed E-state index contributed by atoms with van der Waals surface area (Å²) in [4.78, 5) is 14.1. The molecule has 0 N–H and O–H groups in total. The number of amides is 1. The Morgan fingerprint density at radius 2 is 1.76 bits per heavy atom. The smallest absolute Gasteiger partial charge is 0.255 e. The highest BCUT2D eigenvalue weighted by atomic mass is 35.5. The molecular formula is C14H14Cl2FNO3. The number of likely N-dealkylation sites (tertiary alicyclic amines) is 1. The number of ether oxygens (including phenoxy) is 2. The van der Waals surface area contributed by atoms with Gasteiger partial charge in [0.05, 0.1) is 28.8 Å². The lowest BCUT2D eigenvalue weighted by molar-refractivity contribution is -0.181. The molecule has 2 heterocycles. The maximum absolute atomic E-state index is 13.5. The average molecular weight is 334 g/mol. The first kappa shape index (κ1) is 15.0. The zero-order chi connectivity index (χ0) is 15.0. The maximum Gasteiger partial charge on any atom is 0.255 e. The molecule has 1 amide bonds. The van der Waals surface area contributed by atoms with Crippen LogP contribution in [0, 0.1) is 5.82 Å². The van der Waals surface area contributed by atoms with Gasteiger partial charge in [-0.15, -0.1) is 0 Å². The van der Waals surface area contributed by atoms with Crippen molar-refractivity contribution in [2.45, 2.75) is 18.6 Å². The summed E-state index contributed by atoms with van der Waals surface area (Å²) in [7, 11) is 0. The van der Waals surface area contributed by atoms with E-state index in [2.05, 4.69) is 0 Å². The molecule has 1 spiro atoms. The Morgan fingerprint density at radius 3 is 2.38 bits per heavy atom. The molecule has 1 aromatic rings. The summed E-state index contributed by atoms with van der Waals surface area (Å²) in [6.07, 6.45) is 1.21. The van der Waals surface area contributed by atoms with Crippen LogP contribution in [0.1, 0.15) is 23.2 Å². The van der Waals surface area contributed by atoms with Crippen molar-refractivity contribution in [2.75, 3.05) is 26.3 Å². The third kappa shape index (κ3) is 2.88. The van der Waals surface area contributed by atoms with Gasteiger partial charge in [-0.2, -0.15) is 0 Å². The van der Waals surface area contributed by atoms with Gasteiger partial charge in [-0.1, -0.05) is 23.2 Å². The number of hydrogen-bond acceptors (Lipinski definition) is 3. The van der Waals surface area contributed by atoms with E-state index in [-0.39, 0.29) is 21.5 Å². The standard InChI is InChI=1S/C14H14Cl2FNO3/c15-10-8-11(16)12(17)7-9(10)13(19)18-3-1-14(2-4-18)20-5-6-21-14/h7-8H,1-6H2. The van der Waals surface area contributed by atoms with Crippen molar-refractivity contribution in [1.29, 1.82) is 0 Å². The van der Waals surface area contributed by atoms with E-state index in [0.29, 0.717) is 39.1 Å². The van der Waals surface area contributed by atoms with Crippen molar-refractivity contribution < 1.29 is 18.7 Å². The van der Waals surface area contributed by atoms with E-state index in [0.717, 1.165) is 6.07 Å². The lowest BCUT2D eigenvalue weighted by Gasteiger charge is -2.37. The Hall–Kier alpha value is -0.880. The topological polar surface area (TPSA) is 38.8 Å². The first-order valence-corrected chi connectivity index (χ1v) is 7.48. The molecule has 21 heavy (non-hydrogen) atoms. The quantitative estimate of drug-likeness (QED) is 0.741. The van der Waals surface area contributed by atoms with E-state index in [9.17, 15) is 9.18 Å². The summed E-state index contributed by atoms with van der Waals surface area (Å²) in [5, 5.41) is 0.0574. The van der Waals surface area contributed by atoms with E-state index >= 15 is 0 Å². The highest BCUT2D eigenvalue weighted by Gasteiger charge is 2.41. The van der Waals surface area contributed by atoms with Gasteiger partial charge in [0, 0.05) is 25.9 Å². The zero-order valence-corrected chi connectivity index (χ0v) is 12.7. The molecule has 2 aliphatic heterocycles. The van der Waals surface area contributed by atoms with Gasteiger partial charge in [0.15, 0.2) is 5.79 Å². The molecule has 0 saturated carbocycles. The minimum Gasteiger partial charge on any atom is -0.347 e. The Morgan fingerprint density at radius 1 is 1.14 bits per heavy atom. The van der Waals surface area contributed by atoms with Crippen LogP contribution in [0.4, 0.5) is 4.39 Å². The lowest BCUT2D eigenvalue weighted by Crippen LogP contribution is -2.47. The van der Waals surface area contributed by atoms with E-state index in [1.54, 1.807) is 4.90 Å². The summed E-state index contributed by atoms with van der Waals surface area (Å²) < 4.78 is 24.7. The minimum atomic E-state index is -0.652. The van der Waals surface area contributed by atoms with Gasteiger partial charge in [0.2, 0.25) is 0 Å². The first-order valence-electron chi connectivity index (χ1n) is 6.72. The van der Waals surface area contributed by atoms with E-state index in [1.165, 1.54) is 6.07 Å². The Bertz CT molecular complexity index is 566. The molecule has 0 atom stereocenters. The Balaban J connectivity index is 1.73. The molecule has 0 radical (unpaired) electrons. The average Bonchev–Trinajstić information content (AvgIpc) is 2.91. The number of nitrogens with zero attached hydrogens (tertiary/aromatic N) is 1. The minimum absolute atomic E-state index is 0.0955. The molecule has 0 aliphatic carbocycles. The highest BCUT2D eigenvalue weighted by Crippen LogP contribution is 2.33. The van der Waals surface area contributed by atoms with Crippen LogP contribution >= 0.6 is 23.2 Å². The fourth-order valence-corrected chi connectivity index (χ4v) is 3.16. The number of piperidine rings is 1. The molecule has 1 aromatic carbocycles. The Labute approximate surface area is 131 Å². The van der Waals surface area contributed by atoms with Crippen LogP contribution in [0.15, 0.2) is 12.1 Å². The summed E-state index contributed by atoms with van der Waals surface area (Å²) >= 11 is 11.6. The molecule has 2 fully saturated rings.